The second kappa shape index (κ2) is 7.76. The fourth-order valence-corrected chi connectivity index (χ4v) is 1.86. The fraction of sp³-hybridized carbons (Fsp3) is 0.500. The SMILES string of the molecule is CCCC(O)CNC(C)c1ccc(NC(N)=O)cc1. The van der Waals surface area contributed by atoms with Crippen molar-refractivity contribution in [3.63, 3.8) is 0 Å². The third-order valence-electron chi connectivity index (χ3n) is 2.96. The van der Waals surface area contributed by atoms with E-state index in [1.165, 1.54) is 0 Å². The van der Waals surface area contributed by atoms with Crippen molar-refractivity contribution in [1.82, 2.24) is 5.32 Å². The van der Waals surface area contributed by atoms with Crippen molar-refractivity contribution in [2.75, 3.05) is 11.9 Å². The Morgan fingerprint density at radius 3 is 2.53 bits per heavy atom. The topological polar surface area (TPSA) is 87.4 Å². The van der Waals surface area contributed by atoms with E-state index in [4.69, 9.17) is 5.73 Å². The van der Waals surface area contributed by atoms with E-state index in [-0.39, 0.29) is 12.1 Å². The van der Waals surface area contributed by atoms with Crippen LogP contribution in [0.2, 0.25) is 0 Å². The molecule has 2 atom stereocenters. The van der Waals surface area contributed by atoms with Gasteiger partial charge in [-0.05, 0) is 31.0 Å². The van der Waals surface area contributed by atoms with Gasteiger partial charge < -0.3 is 21.5 Å². The summed E-state index contributed by atoms with van der Waals surface area (Å²) in [6, 6.07) is 7.04. The van der Waals surface area contributed by atoms with Gasteiger partial charge in [0.2, 0.25) is 0 Å². The van der Waals surface area contributed by atoms with Crippen LogP contribution in [0.1, 0.15) is 38.3 Å². The molecule has 5 heteroatoms. The molecular formula is C14H23N3O2. The van der Waals surface area contributed by atoms with Crippen molar-refractivity contribution in [1.29, 1.82) is 0 Å². The maximum Gasteiger partial charge on any atom is 0.316 e. The van der Waals surface area contributed by atoms with Crippen LogP contribution in [0, 0.1) is 0 Å². The number of benzene rings is 1. The minimum atomic E-state index is -0.568. The van der Waals surface area contributed by atoms with E-state index >= 15 is 0 Å². The highest BCUT2D eigenvalue weighted by molar-refractivity contribution is 5.87. The highest BCUT2D eigenvalue weighted by Gasteiger charge is 2.08. The molecule has 2 unspecified atom stereocenters. The number of nitrogens with one attached hydrogen (secondary N) is 2. The van der Waals surface area contributed by atoms with E-state index < -0.39 is 6.03 Å². The lowest BCUT2D eigenvalue weighted by Crippen LogP contribution is -2.29. The average molecular weight is 265 g/mol. The number of rotatable bonds is 7. The Morgan fingerprint density at radius 2 is 2.00 bits per heavy atom. The predicted molar refractivity (Wildman–Crippen MR) is 77.0 cm³/mol. The zero-order valence-electron chi connectivity index (χ0n) is 11.5. The zero-order valence-corrected chi connectivity index (χ0v) is 11.5. The number of primary amides is 1. The van der Waals surface area contributed by atoms with E-state index in [0.717, 1.165) is 18.4 Å². The van der Waals surface area contributed by atoms with Crippen molar-refractivity contribution in [2.24, 2.45) is 5.73 Å². The molecule has 0 heterocycles. The van der Waals surface area contributed by atoms with Gasteiger partial charge in [-0.25, -0.2) is 4.79 Å². The van der Waals surface area contributed by atoms with Crippen LogP contribution in [0.15, 0.2) is 24.3 Å². The van der Waals surface area contributed by atoms with Gasteiger partial charge >= 0.3 is 6.03 Å². The first-order valence-corrected chi connectivity index (χ1v) is 6.60. The number of aliphatic hydroxyl groups excluding tert-OH is 1. The Balaban J connectivity index is 2.48. The van der Waals surface area contributed by atoms with Crippen molar-refractivity contribution >= 4 is 11.7 Å². The molecule has 2 amide bonds. The smallest absolute Gasteiger partial charge is 0.316 e. The molecule has 0 aromatic heterocycles. The molecule has 0 saturated carbocycles. The van der Waals surface area contributed by atoms with Crippen LogP contribution in [0.5, 0.6) is 0 Å². The van der Waals surface area contributed by atoms with Gasteiger partial charge in [0.15, 0.2) is 0 Å². The van der Waals surface area contributed by atoms with Crippen LogP contribution in [0.3, 0.4) is 0 Å². The lowest BCUT2D eigenvalue weighted by molar-refractivity contribution is 0.157. The molecule has 0 saturated heterocycles. The van der Waals surface area contributed by atoms with Gasteiger partial charge in [-0.15, -0.1) is 0 Å². The maximum atomic E-state index is 10.7. The van der Waals surface area contributed by atoms with Crippen molar-refractivity contribution < 1.29 is 9.90 Å². The summed E-state index contributed by atoms with van der Waals surface area (Å²) in [5.41, 5.74) is 6.81. The summed E-state index contributed by atoms with van der Waals surface area (Å²) < 4.78 is 0. The maximum absolute atomic E-state index is 10.7. The largest absolute Gasteiger partial charge is 0.392 e. The molecule has 0 radical (unpaired) electrons. The van der Waals surface area contributed by atoms with E-state index in [1.807, 2.05) is 19.1 Å². The molecule has 0 bridgehead atoms. The Bertz CT molecular complexity index is 392. The second-order valence-corrected chi connectivity index (χ2v) is 4.68. The summed E-state index contributed by atoms with van der Waals surface area (Å²) in [4.78, 5) is 10.7. The second-order valence-electron chi connectivity index (χ2n) is 4.68. The number of hydrogen-bond acceptors (Lipinski definition) is 3. The Labute approximate surface area is 114 Å². The number of urea groups is 1. The van der Waals surface area contributed by atoms with Crippen molar-refractivity contribution in [3.05, 3.63) is 29.8 Å². The molecule has 1 aromatic carbocycles. The molecule has 0 aliphatic heterocycles. The van der Waals surface area contributed by atoms with Crippen molar-refractivity contribution in [2.45, 2.75) is 38.8 Å². The lowest BCUT2D eigenvalue weighted by atomic mass is 10.1. The van der Waals surface area contributed by atoms with Gasteiger partial charge in [0.05, 0.1) is 6.10 Å². The number of hydrogen-bond donors (Lipinski definition) is 4. The normalized spacial score (nSPS) is 13.8. The van der Waals surface area contributed by atoms with E-state index in [9.17, 15) is 9.90 Å². The number of aliphatic hydroxyl groups is 1. The number of anilines is 1. The van der Waals surface area contributed by atoms with Crippen LogP contribution < -0.4 is 16.4 Å². The quantitative estimate of drug-likeness (QED) is 0.608. The average Bonchev–Trinajstić information content (AvgIpc) is 2.36. The number of carbonyl (C=O) groups is 1. The highest BCUT2D eigenvalue weighted by atomic mass is 16.3. The zero-order chi connectivity index (χ0) is 14.3. The van der Waals surface area contributed by atoms with Gasteiger partial charge in [0, 0.05) is 18.3 Å². The monoisotopic (exact) mass is 265 g/mol. The third kappa shape index (κ3) is 5.72. The van der Waals surface area contributed by atoms with Crippen LogP contribution >= 0.6 is 0 Å². The molecule has 1 aromatic rings. The third-order valence-corrected chi connectivity index (χ3v) is 2.96. The van der Waals surface area contributed by atoms with Crippen molar-refractivity contribution in [3.8, 4) is 0 Å². The summed E-state index contributed by atoms with van der Waals surface area (Å²) in [7, 11) is 0. The molecule has 19 heavy (non-hydrogen) atoms. The summed E-state index contributed by atoms with van der Waals surface area (Å²) >= 11 is 0. The molecule has 5 nitrogen and oxygen atoms in total. The molecule has 0 aliphatic carbocycles. The van der Waals surface area contributed by atoms with Crippen LogP contribution in [0.25, 0.3) is 0 Å². The fourth-order valence-electron chi connectivity index (χ4n) is 1.86. The minimum absolute atomic E-state index is 0.147. The number of carbonyl (C=O) groups excluding carboxylic acids is 1. The van der Waals surface area contributed by atoms with Crippen LogP contribution in [-0.2, 0) is 0 Å². The van der Waals surface area contributed by atoms with Gasteiger partial charge in [-0.2, -0.15) is 0 Å². The summed E-state index contributed by atoms with van der Waals surface area (Å²) in [5, 5.41) is 15.5. The minimum Gasteiger partial charge on any atom is -0.392 e. The molecule has 0 fully saturated rings. The predicted octanol–water partition coefficient (Wildman–Crippen LogP) is 1.99. The Morgan fingerprint density at radius 1 is 1.37 bits per heavy atom. The van der Waals surface area contributed by atoms with Crippen LogP contribution in [-0.4, -0.2) is 23.8 Å². The molecule has 5 N–H and O–H groups in total. The Hall–Kier alpha value is -1.59. The van der Waals surface area contributed by atoms with E-state index in [0.29, 0.717) is 12.2 Å². The first-order chi connectivity index (χ1) is 9.02. The summed E-state index contributed by atoms with van der Waals surface area (Å²) in [6.07, 6.45) is 1.48. The lowest BCUT2D eigenvalue weighted by Gasteiger charge is -2.17. The highest BCUT2D eigenvalue weighted by Crippen LogP contribution is 2.16. The molecule has 1 rings (SSSR count). The molecular weight excluding hydrogens is 242 g/mol. The molecule has 106 valence electrons. The van der Waals surface area contributed by atoms with Gasteiger partial charge in [0.1, 0.15) is 0 Å². The van der Waals surface area contributed by atoms with E-state index in [2.05, 4.69) is 17.6 Å². The van der Waals surface area contributed by atoms with E-state index in [1.54, 1.807) is 12.1 Å². The molecule has 0 aliphatic rings. The Kier molecular flexibility index (Phi) is 6.32. The number of nitrogens with two attached hydrogens (primary N) is 1. The number of amides is 2. The van der Waals surface area contributed by atoms with Gasteiger partial charge in [-0.3, -0.25) is 0 Å². The summed E-state index contributed by atoms with van der Waals surface area (Å²) in [6.45, 7) is 4.67. The first-order valence-electron chi connectivity index (χ1n) is 6.60. The van der Waals surface area contributed by atoms with Gasteiger partial charge in [0.25, 0.3) is 0 Å². The first kappa shape index (κ1) is 15.5. The molecule has 0 spiro atoms. The summed E-state index contributed by atoms with van der Waals surface area (Å²) in [5.74, 6) is 0. The standard InChI is InChI=1S/C14H23N3O2/c1-3-4-13(18)9-16-10(2)11-5-7-12(8-6-11)17-14(15)19/h5-8,10,13,16,18H,3-4,9H2,1-2H3,(H3,15,17,19). The van der Waals surface area contributed by atoms with Gasteiger partial charge in [-0.1, -0.05) is 25.5 Å². The van der Waals surface area contributed by atoms with Crippen LogP contribution in [0.4, 0.5) is 10.5 Å².